The second-order valence-corrected chi connectivity index (χ2v) is 4.37. The Morgan fingerprint density at radius 3 is 2.50 bits per heavy atom. The van der Waals surface area contributed by atoms with Crippen LogP contribution < -0.4 is 5.32 Å². The molecule has 0 radical (unpaired) electrons. The highest BCUT2D eigenvalue weighted by atomic mass is 35.5. The molecule has 2 nitrogen and oxygen atoms in total. The summed E-state index contributed by atoms with van der Waals surface area (Å²) in [5.41, 5.74) is 0.161. The van der Waals surface area contributed by atoms with E-state index in [-0.39, 0.29) is 10.6 Å². The van der Waals surface area contributed by atoms with Gasteiger partial charge in [0, 0.05) is 5.56 Å². The second kappa shape index (κ2) is 5.08. The van der Waals surface area contributed by atoms with E-state index in [0.29, 0.717) is 11.5 Å². The van der Waals surface area contributed by atoms with E-state index < -0.39 is 17.7 Å². The number of halogens is 3. The molecule has 2 aromatic rings. The zero-order valence-corrected chi connectivity index (χ0v) is 10.7. The van der Waals surface area contributed by atoms with Gasteiger partial charge in [-0.2, -0.15) is 0 Å². The van der Waals surface area contributed by atoms with E-state index in [1.807, 2.05) is 0 Å². The van der Waals surface area contributed by atoms with Crippen LogP contribution in [0.5, 0.6) is 0 Å². The zero-order chi connectivity index (χ0) is 13.3. The van der Waals surface area contributed by atoms with Crippen molar-refractivity contribution < 1.29 is 13.2 Å². The molecule has 0 amide bonds. The molecule has 0 aliphatic rings. The highest BCUT2D eigenvalue weighted by Crippen LogP contribution is 2.29. The average molecular weight is 272 g/mol. The minimum absolute atomic E-state index is 0.161. The summed E-state index contributed by atoms with van der Waals surface area (Å²) in [7, 11) is 1.65. The van der Waals surface area contributed by atoms with Crippen molar-refractivity contribution in [2.75, 3.05) is 7.05 Å². The summed E-state index contributed by atoms with van der Waals surface area (Å²) in [5, 5.41) is 2.66. The summed E-state index contributed by atoms with van der Waals surface area (Å²) in [6, 6.07) is 4.99. The number of rotatable bonds is 3. The molecule has 0 bridgehead atoms. The van der Waals surface area contributed by atoms with Crippen molar-refractivity contribution in [3.63, 3.8) is 0 Å². The number of hydrogen-bond acceptors (Lipinski definition) is 2. The van der Waals surface area contributed by atoms with Crippen LogP contribution in [0.4, 0.5) is 8.78 Å². The van der Waals surface area contributed by atoms with Gasteiger partial charge in [0.1, 0.15) is 23.2 Å². The van der Waals surface area contributed by atoms with Crippen LogP contribution in [0.2, 0.25) is 5.02 Å². The Balaban J connectivity index is 2.48. The molecule has 18 heavy (non-hydrogen) atoms. The standard InChI is InChI=1S/C13H12ClF2NO/c1-7-3-4-12(18-7)13(17-2)8-5-11(16)9(14)6-10(8)15/h3-6,13,17H,1-2H3. The van der Waals surface area contributed by atoms with Gasteiger partial charge in [-0.3, -0.25) is 0 Å². The molecule has 2 rings (SSSR count). The predicted molar refractivity (Wildman–Crippen MR) is 65.7 cm³/mol. The largest absolute Gasteiger partial charge is 0.464 e. The fraction of sp³-hybridized carbons (Fsp3) is 0.231. The third kappa shape index (κ3) is 2.40. The maximum absolute atomic E-state index is 13.8. The van der Waals surface area contributed by atoms with Gasteiger partial charge in [-0.1, -0.05) is 11.6 Å². The van der Waals surface area contributed by atoms with Crippen LogP contribution in [-0.4, -0.2) is 7.05 Å². The number of benzene rings is 1. The lowest BCUT2D eigenvalue weighted by atomic mass is 10.0. The normalized spacial score (nSPS) is 12.7. The predicted octanol–water partition coefficient (Wildman–Crippen LogP) is 3.83. The molecular weight excluding hydrogens is 260 g/mol. The molecule has 0 aliphatic heterocycles. The zero-order valence-electron chi connectivity index (χ0n) is 9.93. The van der Waals surface area contributed by atoms with E-state index in [0.717, 1.165) is 12.1 Å². The molecule has 96 valence electrons. The Bertz CT molecular complexity index is 568. The van der Waals surface area contributed by atoms with E-state index in [4.69, 9.17) is 16.0 Å². The fourth-order valence-corrected chi connectivity index (χ4v) is 1.97. The summed E-state index contributed by atoms with van der Waals surface area (Å²) in [6.45, 7) is 1.79. The third-order valence-electron chi connectivity index (χ3n) is 2.68. The van der Waals surface area contributed by atoms with Crippen molar-refractivity contribution in [2.24, 2.45) is 0 Å². The number of nitrogens with one attached hydrogen (secondary N) is 1. The Morgan fingerprint density at radius 1 is 1.22 bits per heavy atom. The van der Waals surface area contributed by atoms with Crippen LogP contribution in [-0.2, 0) is 0 Å². The van der Waals surface area contributed by atoms with Gasteiger partial charge in [0.2, 0.25) is 0 Å². The first-order valence-electron chi connectivity index (χ1n) is 5.41. The van der Waals surface area contributed by atoms with Crippen molar-refractivity contribution in [2.45, 2.75) is 13.0 Å². The molecule has 0 fully saturated rings. The lowest BCUT2D eigenvalue weighted by Crippen LogP contribution is -2.18. The van der Waals surface area contributed by atoms with Crippen LogP contribution in [0.15, 0.2) is 28.7 Å². The lowest BCUT2D eigenvalue weighted by molar-refractivity contribution is 0.434. The van der Waals surface area contributed by atoms with Gasteiger partial charge < -0.3 is 9.73 Å². The Labute approximate surface area is 109 Å². The maximum Gasteiger partial charge on any atom is 0.142 e. The SMILES string of the molecule is CNC(c1ccc(C)o1)c1cc(F)c(Cl)cc1F. The second-order valence-electron chi connectivity index (χ2n) is 3.96. The molecule has 1 unspecified atom stereocenters. The van der Waals surface area contributed by atoms with Gasteiger partial charge in [-0.05, 0) is 38.2 Å². The van der Waals surface area contributed by atoms with Crippen molar-refractivity contribution >= 4 is 11.6 Å². The molecule has 5 heteroatoms. The van der Waals surface area contributed by atoms with Gasteiger partial charge in [0.15, 0.2) is 0 Å². The van der Waals surface area contributed by atoms with Gasteiger partial charge in [-0.15, -0.1) is 0 Å². The van der Waals surface area contributed by atoms with Crippen LogP contribution in [0, 0.1) is 18.6 Å². The molecule has 0 aliphatic carbocycles. The smallest absolute Gasteiger partial charge is 0.142 e. The average Bonchev–Trinajstić information content (AvgIpc) is 2.73. The fourth-order valence-electron chi connectivity index (χ4n) is 1.82. The first-order valence-corrected chi connectivity index (χ1v) is 5.78. The van der Waals surface area contributed by atoms with Gasteiger partial charge in [0.05, 0.1) is 11.1 Å². The lowest BCUT2D eigenvalue weighted by Gasteiger charge is -2.15. The summed E-state index contributed by atoms with van der Waals surface area (Å²) < 4.78 is 32.7. The molecule has 1 N–H and O–H groups in total. The topological polar surface area (TPSA) is 25.2 Å². The molecule has 1 atom stereocenters. The number of hydrogen-bond donors (Lipinski definition) is 1. The molecule has 1 aromatic heterocycles. The van der Waals surface area contributed by atoms with E-state index in [1.165, 1.54) is 0 Å². The van der Waals surface area contributed by atoms with Gasteiger partial charge in [-0.25, -0.2) is 8.78 Å². The van der Waals surface area contributed by atoms with Crippen LogP contribution in [0.25, 0.3) is 0 Å². The Hall–Kier alpha value is -1.39. The van der Waals surface area contributed by atoms with E-state index in [1.54, 1.807) is 26.1 Å². The van der Waals surface area contributed by atoms with Crippen LogP contribution in [0.1, 0.15) is 23.1 Å². The minimum Gasteiger partial charge on any atom is -0.464 e. The quantitative estimate of drug-likeness (QED) is 0.859. The molecular formula is C13H12ClF2NO. The minimum atomic E-state index is -0.656. The van der Waals surface area contributed by atoms with Gasteiger partial charge >= 0.3 is 0 Å². The Kier molecular flexibility index (Phi) is 3.68. The summed E-state index contributed by atoms with van der Waals surface area (Å²) in [4.78, 5) is 0. The molecule has 0 saturated heterocycles. The maximum atomic E-state index is 13.8. The highest BCUT2D eigenvalue weighted by molar-refractivity contribution is 6.30. The molecule has 1 heterocycles. The van der Waals surface area contributed by atoms with E-state index in [9.17, 15) is 8.78 Å². The first-order chi connectivity index (χ1) is 8.52. The van der Waals surface area contributed by atoms with Crippen molar-refractivity contribution in [1.82, 2.24) is 5.32 Å². The first kappa shape index (κ1) is 13.1. The van der Waals surface area contributed by atoms with E-state index in [2.05, 4.69) is 5.32 Å². The van der Waals surface area contributed by atoms with Crippen molar-refractivity contribution in [3.05, 3.63) is 58.0 Å². The van der Waals surface area contributed by atoms with Crippen molar-refractivity contribution in [3.8, 4) is 0 Å². The Morgan fingerprint density at radius 2 is 1.94 bits per heavy atom. The molecule has 1 aromatic carbocycles. The van der Waals surface area contributed by atoms with Crippen LogP contribution in [0.3, 0.4) is 0 Å². The summed E-state index contributed by atoms with van der Waals surface area (Å²) >= 11 is 5.53. The monoisotopic (exact) mass is 271 g/mol. The third-order valence-corrected chi connectivity index (χ3v) is 2.97. The van der Waals surface area contributed by atoms with Crippen molar-refractivity contribution in [1.29, 1.82) is 0 Å². The number of furan rings is 1. The number of aryl methyl sites for hydroxylation is 1. The molecule has 0 saturated carbocycles. The summed E-state index contributed by atoms with van der Waals surface area (Å²) in [6.07, 6.45) is 0. The van der Waals surface area contributed by atoms with E-state index >= 15 is 0 Å². The van der Waals surface area contributed by atoms with Gasteiger partial charge in [0.25, 0.3) is 0 Å². The highest BCUT2D eigenvalue weighted by Gasteiger charge is 2.21. The summed E-state index contributed by atoms with van der Waals surface area (Å²) in [5.74, 6) is 0.00196. The molecule has 0 spiro atoms. The van der Waals surface area contributed by atoms with Crippen LogP contribution >= 0.6 is 11.6 Å².